The van der Waals surface area contributed by atoms with E-state index in [0.29, 0.717) is 18.5 Å². The van der Waals surface area contributed by atoms with Crippen molar-refractivity contribution in [3.8, 4) is 5.75 Å². The first kappa shape index (κ1) is 13.8. The van der Waals surface area contributed by atoms with Crippen LogP contribution in [0.2, 0.25) is 0 Å². The maximum absolute atomic E-state index is 5.70. The van der Waals surface area contributed by atoms with E-state index < -0.39 is 0 Å². The highest BCUT2D eigenvalue weighted by atomic mass is 16.5. The van der Waals surface area contributed by atoms with Crippen LogP contribution in [0.25, 0.3) is 0 Å². The highest BCUT2D eigenvalue weighted by Crippen LogP contribution is 2.31. The van der Waals surface area contributed by atoms with Crippen LogP contribution in [0.15, 0.2) is 18.2 Å². The Hall–Kier alpha value is -1.22. The lowest BCUT2D eigenvalue weighted by Gasteiger charge is -2.28. The van der Waals surface area contributed by atoms with E-state index in [9.17, 15) is 0 Å². The highest BCUT2D eigenvalue weighted by molar-refractivity contribution is 5.60. The molecule has 0 aliphatic carbocycles. The molecular formula is C14H24N2O. The number of anilines is 1. The molecule has 0 aromatic heterocycles. The number of nitrogens with zero attached hydrogens (tertiary/aromatic N) is 1. The zero-order valence-electron chi connectivity index (χ0n) is 11.5. The van der Waals surface area contributed by atoms with E-state index in [1.165, 1.54) is 5.56 Å². The summed E-state index contributed by atoms with van der Waals surface area (Å²) < 4.78 is 5.47. The number of ether oxygens (including phenoxy) is 1. The van der Waals surface area contributed by atoms with Gasteiger partial charge in [-0.3, -0.25) is 0 Å². The maximum Gasteiger partial charge on any atom is 0.142 e. The highest BCUT2D eigenvalue weighted by Gasteiger charge is 2.14. The molecule has 17 heavy (non-hydrogen) atoms. The number of hydrogen-bond donors (Lipinski definition) is 1. The van der Waals surface area contributed by atoms with Crippen LogP contribution in [0.1, 0.15) is 32.3 Å². The first-order chi connectivity index (χ1) is 8.01. The van der Waals surface area contributed by atoms with Gasteiger partial charge in [-0.15, -0.1) is 0 Å². The van der Waals surface area contributed by atoms with Gasteiger partial charge in [0.15, 0.2) is 0 Å². The molecule has 96 valence electrons. The van der Waals surface area contributed by atoms with Crippen LogP contribution in [0.4, 0.5) is 5.69 Å². The SMILES string of the molecule is COc1cc(C(C)C)ccc1N(C)C(C)CN. The Kier molecular flexibility index (Phi) is 4.82. The summed E-state index contributed by atoms with van der Waals surface area (Å²) in [5.74, 6) is 1.43. The predicted octanol–water partition coefficient (Wildman–Crippen LogP) is 2.60. The normalized spacial score (nSPS) is 12.6. The second kappa shape index (κ2) is 5.92. The molecule has 0 saturated heterocycles. The molecule has 0 amide bonds. The van der Waals surface area contributed by atoms with Gasteiger partial charge in [0.25, 0.3) is 0 Å². The summed E-state index contributed by atoms with van der Waals surface area (Å²) in [4.78, 5) is 2.16. The molecule has 0 radical (unpaired) electrons. The van der Waals surface area contributed by atoms with E-state index in [4.69, 9.17) is 10.5 Å². The van der Waals surface area contributed by atoms with Crippen LogP contribution in [0.5, 0.6) is 5.75 Å². The first-order valence-electron chi connectivity index (χ1n) is 6.12. The van der Waals surface area contributed by atoms with Gasteiger partial charge in [-0.25, -0.2) is 0 Å². The fourth-order valence-electron chi connectivity index (χ4n) is 1.74. The largest absolute Gasteiger partial charge is 0.495 e. The molecule has 3 nitrogen and oxygen atoms in total. The van der Waals surface area contributed by atoms with Gasteiger partial charge in [0.2, 0.25) is 0 Å². The maximum atomic E-state index is 5.70. The number of benzene rings is 1. The Morgan fingerprint density at radius 2 is 1.94 bits per heavy atom. The van der Waals surface area contributed by atoms with Gasteiger partial charge in [-0.05, 0) is 30.5 Å². The third-order valence-electron chi connectivity index (χ3n) is 3.25. The Labute approximate surface area is 105 Å². The summed E-state index contributed by atoms with van der Waals surface area (Å²) in [6.45, 7) is 7.10. The smallest absolute Gasteiger partial charge is 0.142 e. The van der Waals surface area contributed by atoms with Crippen molar-refractivity contribution in [2.75, 3.05) is 25.6 Å². The average molecular weight is 236 g/mol. The number of nitrogens with two attached hydrogens (primary N) is 1. The van der Waals surface area contributed by atoms with Crippen molar-refractivity contribution < 1.29 is 4.74 Å². The van der Waals surface area contributed by atoms with E-state index >= 15 is 0 Å². The molecular weight excluding hydrogens is 212 g/mol. The van der Waals surface area contributed by atoms with Gasteiger partial charge < -0.3 is 15.4 Å². The predicted molar refractivity (Wildman–Crippen MR) is 74.0 cm³/mol. The van der Waals surface area contributed by atoms with Crippen LogP contribution in [0, 0.1) is 0 Å². The van der Waals surface area contributed by atoms with Gasteiger partial charge in [0, 0.05) is 19.6 Å². The fraction of sp³-hybridized carbons (Fsp3) is 0.571. The molecule has 2 N–H and O–H groups in total. The minimum absolute atomic E-state index is 0.300. The Morgan fingerprint density at radius 1 is 1.29 bits per heavy atom. The van der Waals surface area contributed by atoms with Crippen molar-refractivity contribution in [3.05, 3.63) is 23.8 Å². The molecule has 3 heteroatoms. The second-order valence-corrected chi connectivity index (χ2v) is 4.78. The summed E-state index contributed by atoms with van der Waals surface area (Å²) in [5.41, 5.74) is 8.08. The van der Waals surface area contributed by atoms with E-state index in [0.717, 1.165) is 11.4 Å². The molecule has 1 atom stereocenters. The van der Waals surface area contributed by atoms with Gasteiger partial charge in [0.05, 0.1) is 12.8 Å². The van der Waals surface area contributed by atoms with Crippen LogP contribution in [0.3, 0.4) is 0 Å². The molecule has 1 unspecified atom stereocenters. The first-order valence-corrected chi connectivity index (χ1v) is 6.12. The third kappa shape index (κ3) is 3.13. The van der Waals surface area contributed by atoms with Crippen molar-refractivity contribution >= 4 is 5.69 Å². The molecule has 0 aliphatic rings. The minimum Gasteiger partial charge on any atom is -0.495 e. The molecule has 1 aromatic rings. The van der Waals surface area contributed by atoms with Gasteiger partial charge >= 0.3 is 0 Å². The number of rotatable bonds is 5. The van der Waals surface area contributed by atoms with Crippen molar-refractivity contribution in [2.45, 2.75) is 32.7 Å². The van der Waals surface area contributed by atoms with E-state index in [1.54, 1.807) is 7.11 Å². The second-order valence-electron chi connectivity index (χ2n) is 4.78. The molecule has 1 rings (SSSR count). The van der Waals surface area contributed by atoms with Crippen molar-refractivity contribution in [3.63, 3.8) is 0 Å². The third-order valence-corrected chi connectivity index (χ3v) is 3.25. The number of hydrogen-bond acceptors (Lipinski definition) is 3. The molecule has 0 saturated carbocycles. The average Bonchev–Trinajstić information content (AvgIpc) is 2.35. The molecule has 0 bridgehead atoms. The lowest BCUT2D eigenvalue weighted by Crippen LogP contribution is -2.35. The van der Waals surface area contributed by atoms with E-state index in [-0.39, 0.29) is 0 Å². The Bertz CT molecular complexity index is 363. The summed E-state index contributed by atoms with van der Waals surface area (Å²) in [6.07, 6.45) is 0. The molecule has 0 fully saturated rings. The minimum atomic E-state index is 0.300. The van der Waals surface area contributed by atoms with E-state index in [1.807, 2.05) is 7.05 Å². The Balaban J connectivity index is 3.08. The van der Waals surface area contributed by atoms with Crippen LogP contribution in [-0.4, -0.2) is 26.7 Å². The molecule has 0 heterocycles. The molecule has 1 aromatic carbocycles. The van der Waals surface area contributed by atoms with Crippen LogP contribution < -0.4 is 15.4 Å². The quantitative estimate of drug-likeness (QED) is 0.854. The van der Waals surface area contributed by atoms with Gasteiger partial charge in [0.1, 0.15) is 5.75 Å². The lowest BCUT2D eigenvalue weighted by molar-refractivity contribution is 0.413. The number of likely N-dealkylation sites (N-methyl/N-ethyl adjacent to an activating group) is 1. The summed E-state index contributed by atoms with van der Waals surface area (Å²) in [6, 6.07) is 6.68. The Morgan fingerprint density at radius 3 is 2.41 bits per heavy atom. The zero-order chi connectivity index (χ0) is 13.0. The van der Waals surface area contributed by atoms with Crippen LogP contribution >= 0.6 is 0 Å². The van der Waals surface area contributed by atoms with Crippen molar-refractivity contribution in [2.24, 2.45) is 5.73 Å². The molecule has 0 spiro atoms. The lowest BCUT2D eigenvalue weighted by atomic mass is 10.0. The van der Waals surface area contributed by atoms with Crippen molar-refractivity contribution in [1.82, 2.24) is 0 Å². The van der Waals surface area contributed by atoms with E-state index in [2.05, 4.69) is 43.9 Å². The van der Waals surface area contributed by atoms with Gasteiger partial charge in [-0.1, -0.05) is 19.9 Å². The topological polar surface area (TPSA) is 38.5 Å². The summed E-state index contributed by atoms with van der Waals surface area (Å²) in [7, 11) is 3.76. The zero-order valence-corrected chi connectivity index (χ0v) is 11.5. The van der Waals surface area contributed by atoms with Crippen LogP contribution in [-0.2, 0) is 0 Å². The summed E-state index contributed by atoms with van der Waals surface area (Å²) in [5, 5.41) is 0. The fourth-order valence-corrected chi connectivity index (χ4v) is 1.74. The standard InChI is InChI=1S/C14H24N2O/c1-10(2)12-6-7-13(14(8-12)17-5)16(4)11(3)9-15/h6-8,10-11H,9,15H2,1-5H3. The van der Waals surface area contributed by atoms with Gasteiger partial charge in [-0.2, -0.15) is 0 Å². The summed E-state index contributed by atoms with van der Waals surface area (Å²) >= 11 is 0. The monoisotopic (exact) mass is 236 g/mol. The number of methoxy groups -OCH3 is 1. The van der Waals surface area contributed by atoms with Crippen molar-refractivity contribution in [1.29, 1.82) is 0 Å². The molecule has 0 aliphatic heterocycles.